The molecule has 1 atom stereocenters. The van der Waals surface area contributed by atoms with E-state index in [2.05, 4.69) is 32.1 Å². The van der Waals surface area contributed by atoms with E-state index in [1.165, 1.54) is 18.5 Å². The van der Waals surface area contributed by atoms with Crippen LogP contribution in [0.15, 0.2) is 24.5 Å². The maximum absolute atomic E-state index is 6.20. The van der Waals surface area contributed by atoms with E-state index in [9.17, 15) is 0 Å². The predicted molar refractivity (Wildman–Crippen MR) is 86.1 cm³/mol. The smallest absolute Gasteiger partial charge is 0.138 e. The molecule has 2 aliphatic heterocycles. The molecule has 3 aromatic heterocycles. The quantitative estimate of drug-likeness (QED) is 0.726. The van der Waals surface area contributed by atoms with Gasteiger partial charge >= 0.3 is 0 Å². The number of aromatic nitrogens is 4. The van der Waals surface area contributed by atoms with Crippen molar-refractivity contribution in [1.82, 2.24) is 25.1 Å². The molecule has 22 heavy (non-hydrogen) atoms. The topological polar surface area (TPSA) is 58.5 Å². The molecule has 1 saturated heterocycles. The lowest BCUT2D eigenvalue weighted by molar-refractivity contribution is 0.467. The molecule has 5 nitrogen and oxygen atoms in total. The van der Waals surface area contributed by atoms with Crippen molar-refractivity contribution in [3.8, 4) is 11.3 Å². The highest BCUT2D eigenvalue weighted by Crippen LogP contribution is 2.41. The molecule has 5 heterocycles. The highest BCUT2D eigenvalue weighted by Gasteiger charge is 2.42. The molecule has 5 rings (SSSR count). The zero-order valence-electron chi connectivity index (χ0n) is 12.1. The standard InChI is InChI=1S/C16H16ClN5/c17-12-8-20-15-11(12)5-10(7-19-15)13-6-14-16(1-3-18-9-16)2-4-22(14)21-13/h5-8,18H,1-4,9H2,(H,19,20). The second kappa shape index (κ2) is 4.33. The second-order valence-electron chi connectivity index (χ2n) is 6.35. The van der Waals surface area contributed by atoms with Crippen molar-refractivity contribution < 1.29 is 0 Å². The highest BCUT2D eigenvalue weighted by molar-refractivity contribution is 6.35. The monoisotopic (exact) mass is 313 g/mol. The van der Waals surface area contributed by atoms with Crippen molar-refractivity contribution in [1.29, 1.82) is 0 Å². The van der Waals surface area contributed by atoms with Crippen LogP contribution in [0.1, 0.15) is 18.5 Å². The van der Waals surface area contributed by atoms with E-state index < -0.39 is 0 Å². The van der Waals surface area contributed by atoms with Gasteiger partial charge < -0.3 is 10.3 Å². The number of hydrogen-bond donors (Lipinski definition) is 2. The number of fused-ring (bicyclic) bond motifs is 3. The zero-order valence-corrected chi connectivity index (χ0v) is 12.8. The Morgan fingerprint density at radius 2 is 2.23 bits per heavy atom. The molecule has 1 fully saturated rings. The summed E-state index contributed by atoms with van der Waals surface area (Å²) in [6.45, 7) is 3.18. The molecule has 112 valence electrons. The fraction of sp³-hybridized carbons (Fsp3) is 0.375. The highest BCUT2D eigenvalue weighted by atomic mass is 35.5. The van der Waals surface area contributed by atoms with Crippen LogP contribution in [0.25, 0.3) is 22.3 Å². The number of nitrogens with zero attached hydrogens (tertiary/aromatic N) is 3. The van der Waals surface area contributed by atoms with Gasteiger partial charge in [-0.3, -0.25) is 4.68 Å². The first kappa shape index (κ1) is 12.7. The largest absolute Gasteiger partial charge is 0.345 e. The van der Waals surface area contributed by atoms with Crippen LogP contribution in [0, 0.1) is 0 Å². The van der Waals surface area contributed by atoms with E-state index in [-0.39, 0.29) is 5.41 Å². The van der Waals surface area contributed by atoms with E-state index in [1.54, 1.807) is 6.20 Å². The third kappa shape index (κ3) is 1.63. The van der Waals surface area contributed by atoms with Gasteiger partial charge in [-0.1, -0.05) is 11.6 Å². The van der Waals surface area contributed by atoms with Crippen molar-refractivity contribution in [3.05, 3.63) is 35.2 Å². The van der Waals surface area contributed by atoms with Gasteiger partial charge in [0.05, 0.1) is 10.7 Å². The Balaban J connectivity index is 1.62. The minimum atomic E-state index is 0.286. The van der Waals surface area contributed by atoms with E-state index in [0.29, 0.717) is 5.02 Å². The van der Waals surface area contributed by atoms with Crippen LogP contribution in [0.4, 0.5) is 0 Å². The first-order valence-corrected chi connectivity index (χ1v) is 8.05. The lowest BCUT2D eigenvalue weighted by Gasteiger charge is -2.20. The zero-order chi connectivity index (χ0) is 14.7. The Hall–Kier alpha value is -1.85. The van der Waals surface area contributed by atoms with Gasteiger partial charge in [0, 0.05) is 47.5 Å². The van der Waals surface area contributed by atoms with Crippen LogP contribution >= 0.6 is 11.6 Å². The van der Waals surface area contributed by atoms with E-state index >= 15 is 0 Å². The summed E-state index contributed by atoms with van der Waals surface area (Å²) in [5.74, 6) is 0. The van der Waals surface area contributed by atoms with E-state index in [0.717, 1.165) is 41.9 Å². The fourth-order valence-corrected chi connectivity index (χ4v) is 4.09. The lowest BCUT2D eigenvalue weighted by Crippen LogP contribution is -2.25. The number of halogens is 1. The Labute approximate surface area is 132 Å². The van der Waals surface area contributed by atoms with Crippen molar-refractivity contribution in [2.24, 2.45) is 0 Å². The first-order valence-electron chi connectivity index (χ1n) is 7.67. The normalized spacial score (nSPS) is 23.7. The third-order valence-electron chi connectivity index (χ3n) is 5.15. The van der Waals surface area contributed by atoms with E-state index in [4.69, 9.17) is 16.7 Å². The Kier molecular flexibility index (Phi) is 2.50. The van der Waals surface area contributed by atoms with E-state index in [1.807, 2.05) is 6.20 Å². The lowest BCUT2D eigenvalue weighted by atomic mass is 9.82. The van der Waals surface area contributed by atoms with Gasteiger partial charge in [0.1, 0.15) is 5.65 Å². The minimum absolute atomic E-state index is 0.286. The average Bonchev–Trinajstić information content (AvgIpc) is 3.28. The predicted octanol–water partition coefficient (Wildman–Crippen LogP) is 2.71. The van der Waals surface area contributed by atoms with Gasteiger partial charge in [-0.05, 0) is 31.5 Å². The third-order valence-corrected chi connectivity index (χ3v) is 5.46. The molecule has 1 unspecified atom stereocenters. The summed E-state index contributed by atoms with van der Waals surface area (Å²) in [5, 5.41) is 9.94. The Morgan fingerprint density at radius 1 is 1.27 bits per heavy atom. The summed E-state index contributed by atoms with van der Waals surface area (Å²) in [6.07, 6.45) is 6.05. The number of pyridine rings is 1. The van der Waals surface area contributed by atoms with Gasteiger partial charge in [-0.2, -0.15) is 5.10 Å². The first-order chi connectivity index (χ1) is 10.8. The molecular formula is C16H16ClN5. The summed E-state index contributed by atoms with van der Waals surface area (Å²) >= 11 is 6.20. The summed E-state index contributed by atoms with van der Waals surface area (Å²) in [5.41, 5.74) is 4.49. The van der Waals surface area contributed by atoms with Crippen molar-refractivity contribution >= 4 is 22.6 Å². The molecule has 2 aliphatic rings. The van der Waals surface area contributed by atoms with Crippen molar-refractivity contribution in [3.63, 3.8) is 0 Å². The molecule has 1 spiro atoms. The van der Waals surface area contributed by atoms with Gasteiger partial charge in [-0.25, -0.2) is 4.98 Å². The number of H-pyrrole nitrogens is 1. The molecule has 0 aliphatic carbocycles. The molecule has 0 aromatic carbocycles. The van der Waals surface area contributed by atoms with Gasteiger partial charge in [0.2, 0.25) is 0 Å². The maximum atomic E-state index is 6.20. The summed E-state index contributed by atoms with van der Waals surface area (Å²) in [4.78, 5) is 7.52. The minimum Gasteiger partial charge on any atom is -0.345 e. The molecule has 3 aromatic rings. The van der Waals surface area contributed by atoms with Crippen LogP contribution in [-0.2, 0) is 12.0 Å². The van der Waals surface area contributed by atoms with Gasteiger partial charge in [0.25, 0.3) is 0 Å². The van der Waals surface area contributed by atoms with Crippen LogP contribution in [-0.4, -0.2) is 32.8 Å². The summed E-state index contributed by atoms with van der Waals surface area (Å²) in [6, 6.07) is 4.31. The number of hydrogen-bond acceptors (Lipinski definition) is 3. The number of nitrogens with one attached hydrogen (secondary N) is 2. The van der Waals surface area contributed by atoms with Crippen LogP contribution in [0.2, 0.25) is 5.02 Å². The molecule has 6 heteroatoms. The molecular weight excluding hydrogens is 298 g/mol. The number of aromatic amines is 1. The maximum Gasteiger partial charge on any atom is 0.138 e. The van der Waals surface area contributed by atoms with Gasteiger partial charge in [-0.15, -0.1) is 0 Å². The van der Waals surface area contributed by atoms with Gasteiger partial charge in [0.15, 0.2) is 0 Å². The Bertz CT molecular complexity index is 872. The molecule has 0 saturated carbocycles. The summed E-state index contributed by atoms with van der Waals surface area (Å²) in [7, 11) is 0. The summed E-state index contributed by atoms with van der Waals surface area (Å²) < 4.78 is 2.17. The van der Waals surface area contributed by atoms with Crippen molar-refractivity contribution in [2.45, 2.75) is 24.8 Å². The fourth-order valence-electron chi connectivity index (χ4n) is 3.89. The molecule has 0 bridgehead atoms. The van der Waals surface area contributed by atoms with Crippen molar-refractivity contribution in [2.75, 3.05) is 13.1 Å². The molecule has 0 radical (unpaired) electrons. The average molecular weight is 314 g/mol. The number of aryl methyl sites for hydroxylation is 1. The SMILES string of the molecule is Clc1c[nH]c2ncc(-c3cc4n(n3)CCC43CCNC3)cc12. The van der Waals surface area contributed by atoms with Crippen LogP contribution < -0.4 is 5.32 Å². The Morgan fingerprint density at radius 3 is 3.09 bits per heavy atom. The van der Waals surface area contributed by atoms with Crippen LogP contribution in [0.3, 0.4) is 0 Å². The molecule has 0 amide bonds. The second-order valence-corrected chi connectivity index (χ2v) is 6.76. The van der Waals surface area contributed by atoms with Crippen LogP contribution in [0.5, 0.6) is 0 Å². The number of rotatable bonds is 1. The molecule has 2 N–H and O–H groups in total.